The fourth-order valence-corrected chi connectivity index (χ4v) is 3.58. The molecule has 1 aromatic carbocycles. The maximum absolute atomic E-state index is 9.45. The van der Waals surface area contributed by atoms with Crippen LogP contribution in [0.15, 0.2) is 58.2 Å². The maximum Gasteiger partial charge on any atom is 0.268 e. The lowest BCUT2D eigenvalue weighted by atomic mass is 9.90. The van der Waals surface area contributed by atoms with Crippen molar-refractivity contribution in [3.63, 3.8) is 0 Å². The maximum atomic E-state index is 9.45. The van der Waals surface area contributed by atoms with Crippen LogP contribution in [-0.2, 0) is 5.41 Å². The molecule has 0 amide bonds. The van der Waals surface area contributed by atoms with E-state index >= 15 is 0 Å². The van der Waals surface area contributed by atoms with Gasteiger partial charge in [0.25, 0.3) is 5.89 Å². The fraction of sp³-hybridized carbons (Fsp3) is 0.240. The zero-order chi connectivity index (χ0) is 23.7. The van der Waals surface area contributed by atoms with Gasteiger partial charge in [-0.15, -0.1) is 10.2 Å². The van der Waals surface area contributed by atoms with Gasteiger partial charge in [-0.25, -0.2) is 4.98 Å². The Morgan fingerprint density at radius 2 is 1.76 bits per heavy atom. The third-order valence-electron chi connectivity index (χ3n) is 5.64. The summed E-state index contributed by atoms with van der Waals surface area (Å²) in [6.45, 7) is 7.16. The van der Waals surface area contributed by atoms with Crippen LogP contribution >= 0.6 is 0 Å². The number of hydrogen-bond acceptors (Lipinski definition) is 9. The lowest BCUT2D eigenvalue weighted by Gasteiger charge is -2.15. The van der Waals surface area contributed by atoms with Crippen LogP contribution in [-0.4, -0.2) is 44.1 Å². The van der Waals surface area contributed by atoms with Crippen molar-refractivity contribution in [3.05, 3.63) is 65.7 Å². The molecule has 0 atom stereocenters. The second-order valence-electron chi connectivity index (χ2n) is 8.50. The van der Waals surface area contributed by atoms with Gasteiger partial charge in [-0.2, -0.15) is 5.26 Å². The van der Waals surface area contributed by atoms with Gasteiger partial charge in [0.15, 0.2) is 0 Å². The number of nitrogens with one attached hydrogen (secondary N) is 1. The number of nitrogens with zero attached hydrogens (tertiary/aromatic N) is 7. The molecule has 9 heteroatoms. The van der Waals surface area contributed by atoms with Gasteiger partial charge in [0.2, 0.25) is 5.89 Å². The zero-order valence-corrected chi connectivity index (χ0v) is 19.1. The zero-order valence-electron chi connectivity index (χ0n) is 19.1. The van der Waals surface area contributed by atoms with E-state index in [1.165, 1.54) is 0 Å². The summed E-state index contributed by atoms with van der Waals surface area (Å²) in [6.07, 6.45) is 3.36. The van der Waals surface area contributed by atoms with Crippen molar-refractivity contribution in [2.45, 2.75) is 26.2 Å². The number of rotatable bonds is 5. The highest BCUT2D eigenvalue weighted by molar-refractivity contribution is 6.00. The van der Waals surface area contributed by atoms with Gasteiger partial charge in [0.05, 0.1) is 41.3 Å². The van der Waals surface area contributed by atoms with Crippen LogP contribution in [0.5, 0.6) is 0 Å². The van der Waals surface area contributed by atoms with E-state index in [9.17, 15) is 5.26 Å². The minimum atomic E-state index is -0.714. The third-order valence-corrected chi connectivity index (χ3v) is 5.64. The number of aliphatic imine (C=N–C) groups is 1. The van der Waals surface area contributed by atoms with Crippen LogP contribution in [0.25, 0.3) is 34.3 Å². The molecule has 9 nitrogen and oxygen atoms in total. The first kappa shape index (κ1) is 21.4. The predicted molar refractivity (Wildman–Crippen MR) is 127 cm³/mol. The Labute approximate surface area is 196 Å². The molecule has 1 N–H and O–H groups in total. The van der Waals surface area contributed by atoms with Crippen LogP contribution in [0, 0.1) is 18.3 Å². The molecule has 0 saturated heterocycles. The van der Waals surface area contributed by atoms with Crippen molar-refractivity contribution in [3.8, 4) is 40.4 Å². The van der Waals surface area contributed by atoms with Gasteiger partial charge in [0, 0.05) is 29.4 Å². The molecular formula is C25H22N8O. The highest BCUT2D eigenvalue weighted by atomic mass is 16.4. The van der Waals surface area contributed by atoms with Crippen molar-refractivity contribution in [2.24, 2.45) is 4.99 Å². The normalized spacial score (nSPS) is 13.3. The van der Waals surface area contributed by atoms with Gasteiger partial charge < -0.3 is 9.73 Å². The van der Waals surface area contributed by atoms with E-state index in [1.807, 2.05) is 57.2 Å². The van der Waals surface area contributed by atoms with Crippen molar-refractivity contribution in [2.75, 3.05) is 13.1 Å². The minimum Gasteiger partial charge on any atom is -0.415 e. The summed E-state index contributed by atoms with van der Waals surface area (Å²) < 4.78 is 5.96. The molecule has 34 heavy (non-hydrogen) atoms. The van der Waals surface area contributed by atoms with Gasteiger partial charge in [0.1, 0.15) is 11.5 Å². The van der Waals surface area contributed by atoms with Gasteiger partial charge >= 0.3 is 0 Å². The summed E-state index contributed by atoms with van der Waals surface area (Å²) in [6, 6.07) is 13.8. The standard InChI is InChI=1S/C25H22N8O/c1-15-21(31-19(13-30-15)18-8-9-27-20(12-18)25(2,3)14-26)24-33-32-23(34-24)17-6-4-16(5-7-17)22-28-10-11-29-22/h4-9,12-13H,10-11H2,1-3H3,(H,28,29). The van der Waals surface area contributed by atoms with E-state index < -0.39 is 5.41 Å². The summed E-state index contributed by atoms with van der Waals surface area (Å²) in [5.74, 6) is 1.59. The van der Waals surface area contributed by atoms with Gasteiger partial charge in [-0.05, 0) is 45.0 Å². The Kier molecular flexibility index (Phi) is 5.34. The van der Waals surface area contributed by atoms with E-state index in [-0.39, 0.29) is 0 Å². The molecule has 0 fully saturated rings. The van der Waals surface area contributed by atoms with E-state index in [4.69, 9.17) is 9.40 Å². The molecule has 0 saturated carbocycles. The van der Waals surface area contributed by atoms with Crippen LogP contribution in [0.2, 0.25) is 0 Å². The van der Waals surface area contributed by atoms with Gasteiger partial charge in [-0.1, -0.05) is 12.1 Å². The number of pyridine rings is 1. The molecule has 0 radical (unpaired) electrons. The van der Waals surface area contributed by atoms with Crippen molar-refractivity contribution in [1.82, 2.24) is 30.5 Å². The topological polar surface area (TPSA) is 126 Å². The van der Waals surface area contributed by atoms with E-state index in [2.05, 4.69) is 36.5 Å². The molecule has 0 bridgehead atoms. The van der Waals surface area contributed by atoms with E-state index in [0.29, 0.717) is 34.6 Å². The first-order valence-corrected chi connectivity index (χ1v) is 10.9. The SMILES string of the molecule is Cc1ncc(-c2ccnc(C(C)(C)C#N)c2)nc1-c1nnc(-c2ccc(C3=NCCN3)cc2)o1. The highest BCUT2D eigenvalue weighted by Gasteiger charge is 2.22. The molecule has 0 aliphatic carbocycles. The monoisotopic (exact) mass is 450 g/mol. The molecule has 5 rings (SSSR count). The fourth-order valence-electron chi connectivity index (χ4n) is 3.58. The Morgan fingerprint density at radius 1 is 1.00 bits per heavy atom. The molecular weight excluding hydrogens is 428 g/mol. The number of aromatic nitrogens is 5. The Bertz CT molecular complexity index is 1430. The quantitative estimate of drug-likeness (QED) is 0.488. The summed E-state index contributed by atoms with van der Waals surface area (Å²) in [5, 5.41) is 21.1. The third kappa shape index (κ3) is 4.01. The number of hydrogen-bond donors (Lipinski definition) is 1. The molecule has 4 aromatic rings. The second-order valence-corrected chi connectivity index (χ2v) is 8.50. The predicted octanol–water partition coefficient (Wildman–Crippen LogP) is 3.72. The summed E-state index contributed by atoms with van der Waals surface area (Å²) in [7, 11) is 0. The number of aryl methyl sites for hydroxylation is 1. The molecule has 1 aliphatic heterocycles. The van der Waals surface area contributed by atoms with Crippen LogP contribution in [0.4, 0.5) is 0 Å². The first-order valence-electron chi connectivity index (χ1n) is 10.9. The lowest BCUT2D eigenvalue weighted by molar-refractivity contribution is 0.581. The lowest BCUT2D eigenvalue weighted by Crippen LogP contribution is -2.19. The molecule has 3 aromatic heterocycles. The minimum absolute atomic E-state index is 0.291. The van der Waals surface area contributed by atoms with E-state index in [0.717, 1.165) is 35.6 Å². The van der Waals surface area contributed by atoms with E-state index in [1.54, 1.807) is 12.4 Å². The van der Waals surface area contributed by atoms with Crippen LogP contribution in [0.1, 0.15) is 30.8 Å². The van der Waals surface area contributed by atoms with Crippen LogP contribution in [0.3, 0.4) is 0 Å². The molecule has 1 aliphatic rings. The Hall–Kier alpha value is -4.45. The Morgan fingerprint density at radius 3 is 2.50 bits per heavy atom. The van der Waals surface area contributed by atoms with Crippen molar-refractivity contribution >= 4 is 5.84 Å². The number of amidine groups is 1. The number of nitriles is 1. The average Bonchev–Trinajstić information content (AvgIpc) is 3.57. The first-order chi connectivity index (χ1) is 16.4. The van der Waals surface area contributed by atoms with Crippen molar-refractivity contribution < 1.29 is 4.42 Å². The summed E-state index contributed by atoms with van der Waals surface area (Å²) in [5.41, 5.74) is 4.40. The highest BCUT2D eigenvalue weighted by Crippen LogP contribution is 2.28. The molecule has 0 unspecified atom stereocenters. The molecule has 168 valence electrons. The summed E-state index contributed by atoms with van der Waals surface area (Å²) >= 11 is 0. The van der Waals surface area contributed by atoms with Crippen molar-refractivity contribution in [1.29, 1.82) is 5.26 Å². The smallest absolute Gasteiger partial charge is 0.268 e. The Balaban J connectivity index is 1.45. The van der Waals surface area contributed by atoms with Gasteiger partial charge in [-0.3, -0.25) is 15.0 Å². The molecule has 0 spiro atoms. The number of benzene rings is 1. The summed E-state index contributed by atoms with van der Waals surface area (Å²) in [4.78, 5) is 18.0. The molecule has 4 heterocycles. The average molecular weight is 451 g/mol. The van der Waals surface area contributed by atoms with Crippen LogP contribution < -0.4 is 5.32 Å². The second kappa shape index (κ2) is 8.48. The largest absolute Gasteiger partial charge is 0.415 e.